The van der Waals surface area contributed by atoms with Crippen molar-refractivity contribution in [3.63, 3.8) is 0 Å². The van der Waals surface area contributed by atoms with Crippen molar-refractivity contribution in [2.45, 2.75) is 19.9 Å². The highest BCUT2D eigenvalue weighted by Gasteiger charge is 2.09. The summed E-state index contributed by atoms with van der Waals surface area (Å²) in [5.41, 5.74) is 11.9. The molecule has 0 aliphatic carbocycles. The molecule has 0 aromatic heterocycles. The maximum absolute atomic E-state index is 10.8. The summed E-state index contributed by atoms with van der Waals surface area (Å²) < 4.78 is 5.46. The third-order valence-corrected chi connectivity index (χ3v) is 2.37. The second-order valence-electron chi connectivity index (χ2n) is 3.98. The second kappa shape index (κ2) is 5.51. The highest BCUT2D eigenvalue weighted by molar-refractivity contribution is 5.76. The number of carbonyl (C=O) groups excluding carboxylic acids is 1. The number of ether oxygens (including phenoxy) is 1. The Labute approximate surface area is 95.6 Å². The van der Waals surface area contributed by atoms with E-state index in [2.05, 4.69) is 0 Å². The first-order chi connectivity index (χ1) is 7.50. The van der Waals surface area contributed by atoms with E-state index in [0.717, 1.165) is 5.56 Å². The number of carbonyl (C=O) groups is 1. The summed E-state index contributed by atoms with van der Waals surface area (Å²) in [6.07, 6.45) is 0. The minimum Gasteiger partial charge on any atom is -0.493 e. The maximum Gasteiger partial charge on any atom is 0.223 e. The van der Waals surface area contributed by atoms with E-state index in [1.54, 1.807) is 6.92 Å². The lowest BCUT2D eigenvalue weighted by Gasteiger charge is -2.12. The molecule has 0 saturated heterocycles. The van der Waals surface area contributed by atoms with E-state index < -0.39 is 0 Å². The van der Waals surface area contributed by atoms with Crippen LogP contribution < -0.4 is 16.2 Å². The Morgan fingerprint density at radius 2 is 2.12 bits per heavy atom. The van der Waals surface area contributed by atoms with Crippen LogP contribution in [0, 0.1) is 5.92 Å². The third kappa shape index (κ3) is 3.55. The maximum atomic E-state index is 10.8. The molecule has 0 aliphatic heterocycles. The zero-order valence-corrected chi connectivity index (χ0v) is 9.64. The molecule has 4 N–H and O–H groups in total. The molecule has 1 amide bonds. The predicted molar refractivity (Wildman–Crippen MR) is 62.9 cm³/mol. The quantitative estimate of drug-likeness (QED) is 0.785. The Morgan fingerprint density at radius 1 is 1.44 bits per heavy atom. The van der Waals surface area contributed by atoms with Crippen LogP contribution in [-0.4, -0.2) is 12.5 Å². The highest BCUT2D eigenvalue weighted by Crippen LogP contribution is 2.18. The first-order valence-corrected chi connectivity index (χ1v) is 5.28. The van der Waals surface area contributed by atoms with Gasteiger partial charge in [0.05, 0.1) is 12.5 Å². The number of amides is 1. The smallest absolute Gasteiger partial charge is 0.223 e. The van der Waals surface area contributed by atoms with Crippen LogP contribution in [-0.2, 0) is 4.79 Å². The summed E-state index contributed by atoms with van der Waals surface area (Å²) in [7, 11) is 0. The molecule has 4 heteroatoms. The minimum atomic E-state index is -0.358. The molecule has 0 spiro atoms. The van der Waals surface area contributed by atoms with E-state index >= 15 is 0 Å². The molecule has 2 atom stereocenters. The van der Waals surface area contributed by atoms with Gasteiger partial charge >= 0.3 is 0 Å². The largest absolute Gasteiger partial charge is 0.493 e. The van der Waals surface area contributed by atoms with Gasteiger partial charge in [0, 0.05) is 6.04 Å². The predicted octanol–water partition coefficient (Wildman–Crippen LogP) is 1.21. The number of hydrogen-bond donors (Lipinski definition) is 2. The number of benzene rings is 1. The molecule has 2 unspecified atom stereocenters. The van der Waals surface area contributed by atoms with Crippen LogP contribution in [0.2, 0.25) is 0 Å². The van der Waals surface area contributed by atoms with Crippen molar-refractivity contribution in [3.05, 3.63) is 29.8 Å². The Bertz CT molecular complexity index is 364. The van der Waals surface area contributed by atoms with Gasteiger partial charge in [-0.25, -0.2) is 0 Å². The van der Waals surface area contributed by atoms with E-state index in [1.165, 1.54) is 0 Å². The number of rotatable bonds is 5. The lowest BCUT2D eigenvalue weighted by Crippen LogP contribution is -2.25. The fraction of sp³-hybridized carbons (Fsp3) is 0.417. The minimum absolute atomic E-state index is 0.0305. The van der Waals surface area contributed by atoms with Crippen LogP contribution in [0.1, 0.15) is 25.5 Å². The van der Waals surface area contributed by atoms with Crippen LogP contribution >= 0.6 is 0 Å². The van der Waals surface area contributed by atoms with Gasteiger partial charge in [0.25, 0.3) is 0 Å². The second-order valence-corrected chi connectivity index (χ2v) is 3.98. The molecular weight excluding hydrogens is 204 g/mol. The molecule has 0 fully saturated rings. The summed E-state index contributed by atoms with van der Waals surface area (Å²) in [6.45, 7) is 3.93. The lowest BCUT2D eigenvalue weighted by molar-refractivity contribution is -0.122. The average molecular weight is 222 g/mol. The van der Waals surface area contributed by atoms with Crippen LogP contribution in [0.15, 0.2) is 24.3 Å². The molecule has 4 nitrogen and oxygen atoms in total. The summed E-state index contributed by atoms with van der Waals surface area (Å²) >= 11 is 0. The summed E-state index contributed by atoms with van der Waals surface area (Å²) in [6, 6.07) is 7.49. The van der Waals surface area contributed by atoms with Crippen molar-refractivity contribution >= 4 is 5.91 Å². The van der Waals surface area contributed by atoms with Crippen molar-refractivity contribution in [1.29, 1.82) is 0 Å². The highest BCUT2D eigenvalue weighted by atomic mass is 16.5. The van der Waals surface area contributed by atoms with Gasteiger partial charge in [0.2, 0.25) is 5.91 Å². The number of nitrogens with two attached hydrogens (primary N) is 2. The fourth-order valence-corrected chi connectivity index (χ4v) is 1.19. The van der Waals surface area contributed by atoms with Gasteiger partial charge in [-0.3, -0.25) is 4.79 Å². The molecule has 16 heavy (non-hydrogen) atoms. The molecule has 0 heterocycles. The average Bonchev–Trinajstić information content (AvgIpc) is 2.26. The van der Waals surface area contributed by atoms with Crippen molar-refractivity contribution in [2.24, 2.45) is 17.4 Å². The van der Waals surface area contributed by atoms with Crippen LogP contribution in [0.25, 0.3) is 0 Å². The van der Waals surface area contributed by atoms with Gasteiger partial charge in [-0.2, -0.15) is 0 Å². The Balaban J connectivity index is 2.60. The van der Waals surface area contributed by atoms with Crippen LogP contribution in [0.4, 0.5) is 0 Å². The van der Waals surface area contributed by atoms with Gasteiger partial charge in [-0.15, -0.1) is 0 Å². The fourth-order valence-electron chi connectivity index (χ4n) is 1.19. The normalized spacial score (nSPS) is 14.2. The van der Waals surface area contributed by atoms with Crippen LogP contribution in [0.5, 0.6) is 5.75 Å². The Hall–Kier alpha value is -1.55. The molecule has 88 valence electrons. The molecule has 0 saturated carbocycles. The third-order valence-electron chi connectivity index (χ3n) is 2.37. The SMILES string of the molecule is CC(COc1cccc(C(C)N)c1)C(N)=O. The van der Waals surface area contributed by atoms with Gasteiger partial charge in [0.15, 0.2) is 0 Å². The molecule has 0 bridgehead atoms. The van der Waals surface area contributed by atoms with Gasteiger partial charge in [0.1, 0.15) is 5.75 Å². The molecule has 1 aromatic rings. The summed E-state index contributed by atoms with van der Waals surface area (Å²) in [5.74, 6) is 0.0604. The Kier molecular flexibility index (Phi) is 4.31. The van der Waals surface area contributed by atoms with Crippen molar-refractivity contribution < 1.29 is 9.53 Å². The first kappa shape index (κ1) is 12.5. The van der Waals surface area contributed by atoms with E-state index in [0.29, 0.717) is 5.75 Å². The van der Waals surface area contributed by atoms with Gasteiger partial charge in [-0.05, 0) is 24.6 Å². The topological polar surface area (TPSA) is 78.3 Å². The summed E-state index contributed by atoms with van der Waals surface area (Å²) in [4.78, 5) is 10.8. The van der Waals surface area contributed by atoms with Gasteiger partial charge < -0.3 is 16.2 Å². The van der Waals surface area contributed by atoms with Gasteiger partial charge in [-0.1, -0.05) is 19.1 Å². The van der Waals surface area contributed by atoms with Crippen molar-refractivity contribution in [2.75, 3.05) is 6.61 Å². The zero-order chi connectivity index (χ0) is 12.1. The standard InChI is InChI=1S/C12H18N2O2/c1-8(12(14)15)7-16-11-5-3-4-10(6-11)9(2)13/h3-6,8-9H,7,13H2,1-2H3,(H2,14,15). The van der Waals surface area contributed by atoms with E-state index in [9.17, 15) is 4.79 Å². The monoisotopic (exact) mass is 222 g/mol. The van der Waals surface area contributed by atoms with E-state index in [1.807, 2.05) is 31.2 Å². The molecular formula is C12H18N2O2. The molecule has 1 rings (SSSR count). The van der Waals surface area contributed by atoms with Crippen molar-refractivity contribution in [3.8, 4) is 5.75 Å². The first-order valence-electron chi connectivity index (χ1n) is 5.28. The summed E-state index contributed by atoms with van der Waals surface area (Å²) in [5, 5.41) is 0. The lowest BCUT2D eigenvalue weighted by atomic mass is 10.1. The zero-order valence-electron chi connectivity index (χ0n) is 9.64. The van der Waals surface area contributed by atoms with Crippen LogP contribution in [0.3, 0.4) is 0 Å². The van der Waals surface area contributed by atoms with E-state index in [-0.39, 0.29) is 24.5 Å². The van der Waals surface area contributed by atoms with E-state index in [4.69, 9.17) is 16.2 Å². The molecule has 1 aromatic carbocycles. The number of primary amides is 1. The molecule has 0 aliphatic rings. The molecule has 0 radical (unpaired) electrons. The Morgan fingerprint density at radius 3 is 2.69 bits per heavy atom. The number of hydrogen-bond acceptors (Lipinski definition) is 3. The van der Waals surface area contributed by atoms with Crippen molar-refractivity contribution in [1.82, 2.24) is 0 Å².